The van der Waals surface area contributed by atoms with Gasteiger partial charge in [-0.2, -0.15) is 0 Å². The molecule has 3 aromatic carbocycles. The molecule has 0 amide bonds. The van der Waals surface area contributed by atoms with Crippen LogP contribution in [0.25, 0.3) is 27.2 Å². The Hall–Kier alpha value is -3.47. The Bertz CT molecular complexity index is 1390. The Kier molecular flexibility index (Phi) is 6.82. The summed E-state index contributed by atoms with van der Waals surface area (Å²) in [6.07, 6.45) is 0. The third-order valence-corrected chi connectivity index (χ3v) is 6.77. The fourth-order valence-corrected chi connectivity index (χ4v) is 5.44. The standard InChI is InChI=1S/C24H23NO8S/c1-30-11-13-32-23(26)20(24(27)33-14-12-31-2)21-19-17-9-5-3-7-15(17)16-8-4-6-10-18(16)22(19)34(28,29)25-21/h3-10,25H,11-14H2,1-2H3. The zero-order chi connectivity index (χ0) is 24.3. The molecule has 0 aromatic heterocycles. The van der Waals surface area contributed by atoms with Gasteiger partial charge >= 0.3 is 11.9 Å². The number of methoxy groups -OCH3 is 2. The van der Waals surface area contributed by atoms with Crippen molar-refractivity contribution in [3.8, 4) is 0 Å². The molecule has 0 saturated carbocycles. The Morgan fingerprint density at radius 1 is 0.735 bits per heavy atom. The van der Waals surface area contributed by atoms with Crippen molar-refractivity contribution < 1.29 is 37.0 Å². The van der Waals surface area contributed by atoms with Gasteiger partial charge in [0.05, 0.1) is 18.9 Å². The van der Waals surface area contributed by atoms with Crippen molar-refractivity contribution >= 4 is 49.2 Å². The van der Waals surface area contributed by atoms with Crippen molar-refractivity contribution in [1.82, 2.24) is 4.72 Å². The minimum absolute atomic E-state index is 0.0105. The summed E-state index contributed by atoms with van der Waals surface area (Å²) in [5.74, 6) is -2.05. The summed E-state index contributed by atoms with van der Waals surface area (Å²) in [4.78, 5) is 26.0. The van der Waals surface area contributed by atoms with Gasteiger partial charge in [-0.25, -0.2) is 18.0 Å². The number of ether oxygens (including phenoxy) is 4. The van der Waals surface area contributed by atoms with Crippen LogP contribution >= 0.6 is 0 Å². The van der Waals surface area contributed by atoms with Gasteiger partial charge in [0, 0.05) is 25.2 Å². The fraction of sp³-hybridized carbons (Fsp3) is 0.250. The van der Waals surface area contributed by atoms with Gasteiger partial charge in [0.2, 0.25) is 0 Å². The summed E-state index contributed by atoms with van der Waals surface area (Å²) in [6.45, 7) is -0.0585. The minimum Gasteiger partial charge on any atom is -0.459 e. The summed E-state index contributed by atoms with van der Waals surface area (Å²) < 4.78 is 49.2. The second kappa shape index (κ2) is 9.80. The van der Waals surface area contributed by atoms with E-state index >= 15 is 0 Å². The maximum absolute atomic E-state index is 13.3. The number of esters is 2. The van der Waals surface area contributed by atoms with E-state index in [0.717, 1.165) is 10.8 Å². The molecule has 0 atom stereocenters. The Labute approximate surface area is 196 Å². The van der Waals surface area contributed by atoms with E-state index in [2.05, 4.69) is 4.72 Å². The molecule has 0 fully saturated rings. The van der Waals surface area contributed by atoms with Gasteiger partial charge in [0.1, 0.15) is 18.1 Å². The number of hydrogen-bond acceptors (Lipinski definition) is 8. The number of fused-ring (bicyclic) bond motifs is 6. The summed E-state index contributed by atoms with van der Waals surface area (Å²) in [5, 5.41) is 2.54. The minimum atomic E-state index is -4.11. The molecule has 0 unspecified atom stereocenters. The van der Waals surface area contributed by atoms with Crippen LogP contribution < -0.4 is 4.72 Å². The zero-order valence-electron chi connectivity index (χ0n) is 18.6. The summed E-state index contributed by atoms with van der Waals surface area (Å²) in [7, 11) is -1.24. The van der Waals surface area contributed by atoms with E-state index in [-0.39, 0.29) is 42.6 Å². The van der Waals surface area contributed by atoms with Gasteiger partial charge in [-0.3, -0.25) is 4.72 Å². The molecular weight excluding hydrogens is 462 g/mol. The first-order valence-electron chi connectivity index (χ1n) is 10.4. The molecule has 10 heteroatoms. The van der Waals surface area contributed by atoms with Crippen molar-refractivity contribution in [1.29, 1.82) is 0 Å². The molecule has 1 N–H and O–H groups in total. The van der Waals surface area contributed by atoms with E-state index in [1.165, 1.54) is 14.2 Å². The van der Waals surface area contributed by atoms with Gasteiger partial charge in [-0.05, 0) is 16.2 Å². The highest BCUT2D eigenvalue weighted by Gasteiger charge is 2.40. The number of nitrogens with one attached hydrogen (secondary N) is 1. The molecule has 34 heavy (non-hydrogen) atoms. The average Bonchev–Trinajstić information content (AvgIpc) is 3.11. The van der Waals surface area contributed by atoms with E-state index in [4.69, 9.17) is 18.9 Å². The van der Waals surface area contributed by atoms with E-state index in [1.807, 2.05) is 24.3 Å². The van der Waals surface area contributed by atoms with E-state index < -0.39 is 27.5 Å². The normalized spacial score (nSPS) is 14.0. The van der Waals surface area contributed by atoms with Gasteiger partial charge in [0.25, 0.3) is 10.0 Å². The van der Waals surface area contributed by atoms with Crippen LogP contribution in [0.4, 0.5) is 0 Å². The number of carbonyl (C=O) groups is 2. The topological polar surface area (TPSA) is 117 Å². The fourth-order valence-electron chi connectivity index (χ4n) is 3.92. The first-order valence-corrected chi connectivity index (χ1v) is 11.9. The third-order valence-electron chi connectivity index (χ3n) is 5.34. The van der Waals surface area contributed by atoms with Crippen molar-refractivity contribution in [2.45, 2.75) is 4.90 Å². The summed E-state index contributed by atoms with van der Waals surface area (Å²) in [5.41, 5.74) is -0.506. The van der Waals surface area contributed by atoms with E-state index in [0.29, 0.717) is 10.8 Å². The lowest BCUT2D eigenvalue weighted by molar-refractivity contribution is -0.148. The molecule has 0 saturated heterocycles. The maximum Gasteiger partial charge on any atom is 0.347 e. The lowest BCUT2D eigenvalue weighted by atomic mass is 9.94. The lowest BCUT2D eigenvalue weighted by Gasteiger charge is -2.13. The number of carbonyl (C=O) groups excluding carboxylic acids is 2. The van der Waals surface area contributed by atoms with Crippen molar-refractivity contribution in [3.05, 3.63) is 59.7 Å². The largest absolute Gasteiger partial charge is 0.459 e. The number of sulfonamides is 1. The SMILES string of the molecule is COCCOC(=O)C(C(=O)OCCOC)=C1NS(=O)(=O)c2c1c1ccccc1c1ccccc21. The molecule has 0 aliphatic carbocycles. The smallest absolute Gasteiger partial charge is 0.347 e. The average molecular weight is 486 g/mol. The zero-order valence-corrected chi connectivity index (χ0v) is 19.4. The maximum atomic E-state index is 13.3. The highest BCUT2D eigenvalue weighted by Crippen LogP contribution is 2.43. The molecule has 9 nitrogen and oxygen atoms in total. The second-order valence-corrected chi connectivity index (χ2v) is 9.03. The van der Waals surface area contributed by atoms with Crippen LogP contribution in [-0.4, -0.2) is 61.0 Å². The molecular formula is C24H23NO8S. The first-order chi connectivity index (χ1) is 16.4. The molecule has 0 radical (unpaired) electrons. The van der Waals surface area contributed by atoms with Crippen molar-refractivity contribution in [3.63, 3.8) is 0 Å². The molecule has 1 aliphatic rings. The first kappa shape index (κ1) is 23.7. The van der Waals surface area contributed by atoms with Crippen LogP contribution in [-0.2, 0) is 38.6 Å². The quantitative estimate of drug-likeness (QED) is 0.129. The van der Waals surface area contributed by atoms with E-state index in [1.54, 1.807) is 24.3 Å². The molecule has 3 aromatic rings. The van der Waals surface area contributed by atoms with Crippen LogP contribution in [0.3, 0.4) is 0 Å². The Morgan fingerprint density at radius 3 is 1.74 bits per heavy atom. The molecule has 0 bridgehead atoms. The predicted molar refractivity (Wildman–Crippen MR) is 124 cm³/mol. The highest BCUT2D eigenvalue weighted by atomic mass is 32.2. The molecule has 4 rings (SSSR count). The Balaban J connectivity index is 2.02. The van der Waals surface area contributed by atoms with Gasteiger partial charge < -0.3 is 18.9 Å². The molecule has 1 aliphatic heterocycles. The van der Waals surface area contributed by atoms with Gasteiger partial charge in [-0.1, -0.05) is 48.5 Å². The molecule has 1 heterocycles. The predicted octanol–water partition coefficient (Wildman–Crippen LogP) is 2.38. The van der Waals surface area contributed by atoms with Crippen LogP contribution in [0.1, 0.15) is 5.56 Å². The van der Waals surface area contributed by atoms with Gasteiger partial charge in [0.15, 0.2) is 5.57 Å². The van der Waals surface area contributed by atoms with Crippen LogP contribution in [0.2, 0.25) is 0 Å². The summed E-state index contributed by atoms with van der Waals surface area (Å²) in [6, 6.07) is 14.3. The van der Waals surface area contributed by atoms with Crippen LogP contribution in [0.15, 0.2) is 59.0 Å². The van der Waals surface area contributed by atoms with Crippen molar-refractivity contribution in [2.75, 3.05) is 40.6 Å². The summed E-state index contributed by atoms with van der Waals surface area (Å²) >= 11 is 0. The second-order valence-electron chi connectivity index (χ2n) is 7.41. The monoisotopic (exact) mass is 485 g/mol. The van der Waals surface area contributed by atoms with Crippen LogP contribution in [0, 0.1) is 0 Å². The number of hydrogen-bond donors (Lipinski definition) is 1. The van der Waals surface area contributed by atoms with Crippen molar-refractivity contribution in [2.24, 2.45) is 0 Å². The van der Waals surface area contributed by atoms with E-state index in [9.17, 15) is 18.0 Å². The van der Waals surface area contributed by atoms with Gasteiger partial charge in [-0.15, -0.1) is 0 Å². The number of rotatable bonds is 8. The molecule has 178 valence electrons. The third kappa shape index (κ3) is 4.23. The Morgan fingerprint density at radius 2 is 1.21 bits per heavy atom. The highest BCUT2D eigenvalue weighted by molar-refractivity contribution is 7.90. The molecule has 0 spiro atoms. The number of benzene rings is 3. The van der Waals surface area contributed by atoms with Crippen LogP contribution in [0.5, 0.6) is 0 Å². The lowest BCUT2D eigenvalue weighted by Crippen LogP contribution is -2.26.